The molecule has 2 heteroatoms. The molecule has 1 aliphatic heterocycles. The zero-order chi connectivity index (χ0) is 8.91. The second-order valence-electron chi connectivity index (χ2n) is 4.62. The Morgan fingerprint density at radius 3 is 1.73 bits per heavy atom. The molecule has 1 nitrogen and oxygen atoms in total. The van der Waals surface area contributed by atoms with Crippen LogP contribution < -0.4 is 0 Å². The molecule has 0 spiro atoms. The summed E-state index contributed by atoms with van der Waals surface area (Å²) in [5.74, 6) is 0. The molecule has 1 heterocycles. The van der Waals surface area contributed by atoms with Crippen molar-refractivity contribution in [2.45, 2.75) is 44.4 Å². The van der Waals surface area contributed by atoms with Crippen molar-refractivity contribution < 1.29 is 4.48 Å². The van der Waals surface area contributed by atoms with Gasteiger partial charge in [-0.15, -0.1) is 0 Å². The number of nitrogens with zero attached hydrogens (tertiary/aromatic N) is 1. The van der Waals surface area contributed by atoms with Gasteiger partial charge < -0.3 is 4.48 Å². The van der Waals surface area contributed by atoms with Gasteiger partial charge in [-0.25, -0.2) is 0 Å². The zero-order valence-electron chi connectivity index (χ0n) is 8.44. The highest BCUT2D eigenvalue weighted by Crippen LogP contribution is 2.63. The molecule has 0 aromatic carbocycles. The Kier molecular flexibility index (Phi) is 1.90. The maximum absolute atomic E-state index is 3.01. The summed E-state index contributed by atoms with van der Waals surface area (Å²) in [6, 6.07) is 0. The van der Waals surface area contributed by atoms with E-state index in [4.69, 9.17) is 0 Å². The monoisotopic (exact) mass is 174 g/mol. The first kappa shape index (κ1) is 9.48. The van der Waals surface area contributed by atoms with Gasteiger partial charge in [-0.1, -0.05) is 16.2 Å². The third-order valence-corrected chi connectivity index (χ3v) is 5.44. The van der Waals surface area contributed by atoms with Crippen molar-refractivity contribution in [2.75, 3.05) is 14.1 Å². The Labute approximate surface area is 73.0 Å². The second-order valence-corrected chi connectivity index (χ2v) is 5.75. The largest absolute Gasteiger partial charge is 0.306 e. The predicted molar refractivity (Wildman–Crippen MR) is 53.5 cm³/mol. The lowest BCUT2D eigenvalue weighted by Gasteiger charge is -2.12. The molecule has 0 saturated carbocycles. The van der Waals surface area contributed by atoms with Crippen LogP contribution in [0.1, 0.15) is 33.6 Å². The van der Waals surface area contributed by atoms with Crippen LogP contribution in [0.4, 0.5) is 0 Å². The van der Waals surface area contributed by atoms with E-state index in [0.29, 0.717) is 10.8 Å². The van der Waals surface area contributed by atoms with Gasteiger partial charge in [0.25, 0.3) is 0 Å². The lowest BCUT2D eigenvalue weighted by atomic mass is 10.0. The van der Waals surface area contributed by atoms with Gasteiger partial charge in [0, 0.05) is 13.3 Å². The van der Waals surface area contributed by atoms with Crippen molar-refractivity contribution in [1.29, 1.82) is 0 Å². The number of hydrogen-bond acceptors (Lipinski definition) is 0. The van der Waals surface area contributed by atoms with Gasteiger partial charge in [0.2, 0.25) is 0 Å². The summed E-state index contributed by atoms with van der Waals surface area (Å²) >= 11 is 0. The highest BCUT2D eigenvalue weighted by Gasteiger charge is 2.77. The van der Waals surface area contributed by atoms with E-state index in [1.165, 1.54) is 12.8 Å². The van der Waals surface area contributed by atoms with Crippen molar-refractivity contribution in [3.8, 4) is 0 Å². The van der Waals surface area contributed by atoms with E-state index < -0.39 is 0 Å². The first-order chi connectivity index (χ1) is 4.81. The molecule has 0 bridgehead atoms. The Morgan fingerprint density at radius 2 is 1.64 bits per heavy atom. The van der Waals surface area contributed by atoms with Gasteiger partial charge in [0.15, 0.2) is 10.8 Å². The molecular formula is C9H21NP+. The second kappa shape index (κ2) is 2.20. The topological polar surface area (TPSA) is 0 Å². The van der Waals surface area contributed by atoms with Crippen LogP contribution in [0.15, 0.2) is 0 Å². The van der Waals surface area contributed by atoms with Gasteiger partial charge in [0.05, 0.1) is 14.1 Å². The minimum atomic E-state index is 0.406. The predicted octanol–water partition coefficient (Wildman–Crippen LogP) is 2.23. The maximum atomic E-state index is 3.01. The molecule has 11 heavy (non-hydrogen) atoms. The highest BCUT2D eigenvalue weighted by atomic mass is 31.0. The normalized spacial score (nSPS) is 47.5. The fraction of sp³-hybridized carbons (Fsp3) is 1.00. The first-order valence-electron chi connectivity index (χ1n) is 4.44. The lowest BCUT2D eigenvalue weighted by molar-refractivity contribution is -0.802. The van der Waals surface area contributed by atoms with Crippen LogP contribution in [0.25, 0.3) is 0 Å². The van der Waals surface area contributed by atoms with E-state index in [2.05, 4.69) is 44.1 Å². The summed E-state index contributed by atoms with van der Waals surface area (Å²) in [4.78, 5) is 0. The minimum Gasteiger partial charge on any atom is -0.306 e. The molecule has 0 radical (unpaired) electrons. The Hall–Kier alpha value is 0.390. The van der Waals surface area contributed by atoms with Crippen LogP contribution in [-0.2, 0) is 0 Å². The van der Waals surface area contributed by atoms with Crippen molar-refractivity contribution >= 4 is 9.24 Å². The quantitative estimate of drug-likeness (QED) is 0.342. The van der Waals surface area contributed by atoms with E-state index in [0.717, 1.165) is 4.48 Å². The van der Waals surface area contributed by atoms with E-state index >= 15 is 0 Å². The Bertz CT molecular complexity index is 158. The molecule has 0 amide bonds. The minimum absolute atomic E-state index is 0.406. The van der Waals surface area contributed by atoms with E-state index in [-0.39, 0.29) is 0 Å². The van der Waals surface area contributed by atoms with Crippen LogP contribution >= 0.6 is 9.24 Å². The molecule has 0 aromatic heterocycles. The van der Waals surface area contributed by atoms with E-state index in [9.17, 15) is 0 Å². The molecule has 3 atom stereocenters. The molecule has 1 saturated heterocycles. The fourth-order valence-electron chi connectivity index (χ4n) is 2.34. The van der Waals surface area contributed by atoms with Crippen molar-refractivity contribution in [2.24, 2.45) is 0 Å². The average molecular weight is 174 g/mol. The molecular weight excluding hydrogens is 153 g/mol. The summed E-state index contributed by atoms with van der Waals surface area (Å²) in [6.07, 6.45) is 2.63. The maximum Gasteiger partial charge on any atom is 0.163 e. The Balaban J connectivity index is 2.78. The first-order valence-corrected chi connectivity index (χ1v) is 5.02. The van der Waals surface area contributed by atoms with E-state index in [1.807, 2.05) is 0 Å². The average Bonchev–Trinajstić information content (AvgIpc) is 2.12. The van der Waals surface area contributed by atoms with Gasteiger partial charge >= 0.3 is 0 Å². The van der Waals surface area contributed by atoms with Crippen molar-refractivity contribution in [3.05, 3.63) is 0 Å². The van der Waals surface area contributed by atoms with E-state index in [1.54, 1.807) is 0 Å². The number of hydrogen-bond donors (Lipinski definition) is 0. The molecule has 0 N–H and O–H groups in total. The van der Waals surface area contributed by atoms with Gasteiger partial charge in [-0.3, -0.25) is 0 Å². The third kappa shape index (κ3) is 0.847. The van der Waals surface area contributed by atoms with Crippen molar-refractivity contribution in [3.63, 3.8) is 0 Å². The van der Waals surface area contributed by atoms with Gasteiger partial charge in [-0.05, 0) is 13.3 Å². The SMILES string of the molecule is CCCC1(C)C(C)(P)[N+]1(C)C. The standard InChI is InChI=1S/C9H21NP/c1-6-7-8(2)9(3,11)10(8,4)5/h6-7,11H2,1-5H3/q+1. The molecule has 1 aliphatic rings. The number of likely N-dealkylation sites (N-methyl/N-ethyl adjacent to an activating group) is 1. The Morgan fingerprint density at radius 1 is 1.27 bits per heavy atom. The smallest absolute Gasteiger partial charge is 0.163 e. The molecule has 66 valence electrons. The highest BCUT2D eigenvalue weighted by molar-refractivity contribution is 7.19. The number of rotatable bonds is 2. The molecule has 0 aliphatic carbocycles. The van der Waals surface area contributed by atoms with Crippen LogP contribution in [-0.4, -0.2) is 29.4 Å². The lowest BCUT2D eigenvalue weighted by Crippen LogP contribution is -2.25. The zero-order valence-corrected chi connectivity index (χ0v) is 9.59. The molecule has 0 aromatic rings. The third-order valence-electron chi connectivity index (χ3n) is 4.17. The molecule has 1 rings (SSSR count). The molecule has 3 unspecified atom stereocenters. The van der Waals surface area contributed by atoms with Crippen molar-refractivity contribution in [1.82, 2.24) is 0 Å². The summed E-state index contributed by atoms with van der Waals surface area (Å²) in [6.45, 7) is 7.00. The van der Waals surface area contributed by atoms with Crippen LogP contribution in [0.5, 0.6) is 0 Å². The fourth-order valence-corrected chi connectivity index (χ4v) is 3.03. The summed E-state index contributed by atoms with van der Waals surface area (Å²) < 4.78 is 1.15. The molecule has 1 fully saturated rings. The summed E-state index contributed by atoms with van der Waals surface area (Å²) in [7, 11) is 7.66. The van der Waals surface area contributed by atoms with Gasteiger partial charge in [0.1, 0.15) is 0 Å². The van der Waals surface area contributed by atoms with Crippen LogP contribution in [0.2, 0.25) is 0 Å². The number of quaternary nitrogens is 1. The van der Waals surface area contributed by atoms with Crippen LogP contribution in [0.3, 0.4) is 0 Å². The summed E-state index contributed by atoms with van der Waals surface area (Å²) in [5, 5.41) is 0.406. The van der Waals surface area contributed by atoms with Crippen LogP contribution in [0, 0.1) is 0 Å². The summed E-state index contributed by atoms with van der Waals surface area (Å²) in [5.41, 5.74) is 0.492. The van der Waals surface area contributed by atoms with Gasteiger partial charge in [-0.2, -0.15) is 0 Å².